The molecular weight excluding hydrogens is 274 g/mol. The Kier molecular flexibility index (Phi) is 3.71. The molecule has 0 N–H and O–H groups in total. The molecule has 1 atom stereocenters. The normalized spacial score (nSPS) is 25.7. The third-order valence-electron chi connectivity index (χ3n) is 5.72. The highest BCUT2D eigenvalue weighted by atomic mass is 16.2. The van der Waals surface area contributed by atoms with Gasteiger partial charge in [0.05, 0.1) is 12.2 Å². The largest absolute Gasteiger partial charge is 0.341 e. The van der Waals surface area contributed by atoms with Crippen LogP contribution in [0.15, 0.2) is 12.4 Å². The molecule has 1 aromatic heterocycles. The first-order valence-corrected chi connectivity index (χ1v) is 8.99. The van der Waals surface area contributed by atoms with Crippen molar-refractivity contribution in [2.75, 3.05) is 13.1 Å². The van der Waals surface area contributed by atoms with E-state index >= 15 is 0 Å². The number of rotatable bonds is 5. The maximum atomic E-state index is 12.8. The van der Waals surface area contributed by atoms with Gasteiger partial charge in [0.1, 0.15) is 0 Å². The Morgan fingerprint density at radius 3 is 2.59 bits per heavy atom. The average molecular weight is 301 g/mol. The van der Waals surface area contributed by atoms with E-state index in [1.807, 2.05) is 6.20 Å². The topological polar surface area (TPSA) is 38.1 Å². The van der Waals surface area contributed by atoms with E-state index in [1.165, 1.54) is 31.2 Å². The molecule has 0 aromatic carbocycles. The minimum atomic E-state index is 0.367. The van der Waals surface area contributed by atoms with E-state index in [2.05, 4.69) is 27.8 Å². The predicted molar refractivity (Wildman–Crippen MR) is 85.4 cm³/mol. The summed E-state index contributed by atoms with van der Waals surface area (Å²) in [5.74, 6) is 2.83. The zero-order valence-electron chi connectivity index (χ0n) is 13.6. The second kappa shape index (κ2) is 5.71. The molecule has 0 radical (unpaired) electrons. The molecule has 22 heavy (non-hydrogen) atoms. The molecule has 120 valence electrons. The van der Waals surface area contributed by atoms with E-state index in [-0.39, 0.29) is 0 Å². The molecule has 1 amide bonds. The molecule has 2 heterocycles. The van der Waals surface area contributed by atoms with Crippen LogP contribution in [0.4, 0.5) is 0 Å². The van der Waals surface area contributed by atoms with Crippen molar-refractivity contribution in [2.24, 2.45) is 17.8 Å². The van der Waals surface area contributed by atoms with Crippen LogP contribution in [0.25, 0.3) is 0 Å². The number of nitrogens with zero attached hydrogens (tertiary/aromatic N) is 3. The van der Waals surface area contributed by atoms with Gasteiger partial charge in [-0.1, -0.05) is 0 Å². The first kappa shape index (κ1) is 14.3. The molecule has 4 heteroatoms. The highest BCUT2D eigenvalue weighted by molar-refractivity contribution is 5.76. The van der Waals surface area contributed by atoms with E-state index in [0.717, 1.165) is 44.2 Å². The molecule has 4 rings (SSSR count). The van der Waals surface area contributed by atoms with Crippen LogP contribution in [0, 0.1) is 24.7 Å². The van der Waals surface area contributed by atoms with Crippen LogP contribution in [0.1, 0.15) is 56.6 Å². The highest BCUT2D eigenvalue weighted by Gasteiger charge is 2.43. The summed E-state index contributed by atoms with van der Waals surface area (Å²) >= 11 is 0. The number of hydrogen-bond donors (Lipinski definition) is 0. The van der Waals surface area contributed by atoms with Gasteiger partial charge in [0.15, 0.2) is 0 Å². The highest BCUT2D eigenvalue weighted by Crippen LogP contribution is 2.50. The van der Waals surface area contributed by atoms with Gasteiger partial charge in [0, 0.05) is 25.7 Å². The molecule has 0 unspecified atom stereocenters. The van der Waals surface area contributed by atoms with E-state index in [0.29, 0.717) is 17.9 Å². The van der Waals surface area contributed by atoms with Crippen molar-refractivity contribution in [3.05, 3.63) is 18.0 Å². The number of amides is 1. The maximum absolute atomic E-state index is 12.8. The van der Waals surface area contributed by atoms with Gasteiger partial charge in [-0.25, -0.2) is 0 Å². The molecule has 1 saturated heterocycles. The summed E-state index contributed by atoms with van der Waals surface area (Å²) in [6.45, 7) is 3.87. The van der Waals surface area contributed by atoms with Gasteiger partial charge < -0.3 is 4.90 Å². The lowest BCUT2D eigenvalue weighted by molar-refractivity contribution is -0.134. The number of aryl methyl sites for hydroxylation is 1. The summed E-state index contributed by atoms with van der Waals surface area (Å²) in [5.41, 5.74) is 1.20. The molecule has 3 fully saturated rings. The fraction of sp³-hybridized carbons (Fsp3) is 0.778. The summed E-state index contributed by atoms with van der Waals surface area (Å²) in [4.78, 5) is 14.9. The van der Waals surface area contributed by atoms with E-state index in [1.54, 1.807) is 0 Å². The number of hydrogen-bond acceptors (Lipinski definition) is 2. The molecule has 1 aromatic rings. The minimum Gasteiger partial charge on any atom is -0.341 e. The predicted octanol–water partition coefficient (Wildman–Crippen LogP) is 3.18. The fourth-order valence-electron chi connectivity index (χ4n) is 4.13. The smallest absolute Gasteiger partial charge is 0.222 e. The summed E-state index contributed by atoms with van der Waals surface area (Å²) in [5, 5.41) is 4.45. The van der Waals surface area contributed by atoms with E-state index in [4.69, 9.17) is 0 Å². The van der Waals surface area contributed by atoms with Crippen LogP contribution in [-0.2, 0) is 4.79 Å². The Morgan fingerprint density at radius 1 is 1.27 bits per heavy atom. The van der Waals surface area contributed by atoms with Crippen molar-refractivity contribution in [1.29, 1.82) is 0 Å². The third-order valence-corrected chi connectivity index (χ3v) is 5.72. The molecule has 0 spiro atoms. The number of piperidine rings is 1. The van der Waals surface area contributed by atoms with Gasteiger partial charge in [-0.15, -0.1) is 0 Å². The van der Waals surface area contributed by atoms with E-state index in [9.17, 15) is 4.79 Å². The Balaban J connectivity index is 1.37. The van der Waals surface area contributed by atoms with Gasteiger partial charge in [-0.3, -0.25) is 9.48 Å². The van der Waals surface area contributed by atoms with Crippen molar-refractivity contribution in [3.8, 4) is 0 Å². The average Bonchev–Trinajstić information content (AvgIpc) is 3.44. The second-order valence-electron chi connectivity index (χ2n) is 7.68. The van der Waals surface area contributed by atoms with Gasteiger partial charge in [0.25, 0.3) is 0 Å². The number of carbonyl (C=O) groups is 1. The van der Waals surface area contributed by atoms with Gasteiger partial charge >= 0.3 is 0 Å². The van der Waals surface area contributed by atoms with Crippen LogP contribution >= 0.6 is 0 Å². The summed E-state index contributed by atoms with van der Waals surface area (Å²) in [6.07, 6.45) is 12.5. The van der Waals surface area contributed by atoms with Crippen molar-refractivity contribution in [1.82, 2.24) is 14.7 Å². The SMILES string of the molecule is Cc1cnn([C@H]2CCCN(C(=O)CC(C3CC3)C3CC3)C2)c1. The standard InChI is InChI=1S/C18H27N3O/c1-13-10-19-21(11-13)16-3-2-8-20(12-16)18(22)9-17(14-4-5-14)15-6-7-15/h10-11,14-17H,2-9,12H2,1H3/t16-/m0/s1. The lowest BCUT2D eigenvalue weighted by Gasteiger charge is -2.34. The minimum absolute atomic E-state index is 0.367. The summed E-state index contributed by atoms with van der Waals surface area (Å²) in [6, 6.07) is 0.367. The molecule has 4 nitrogen and oxygen atoms in total. The Hall–Kier alpha value is -1.32. The second-order valence-corrected chi connectivity index (χ2v) is 7.68. The van der Waals surface area contributed by atoms with Gasteiger partial charge in [0.2, 0.25) is 5.91 Å². The lowest BCUT2D eigenvalue weighted by Crippen LogP contribution is -2.41. The van der Waals surface area contributed by atoms with Crippen LogP contribution in [-0.4, -0.2) is 33.7 Å². The first-order chi connectivity index (χ1) is 10.7. The van der Waals surface area contributed by atoms with Crippen molar-refractivity contribution in [2.45, 2.75) is 57.9 Å². The molecule has 3 aliphatic rings. The third kappa shape index (κ3) is 3.06. The van der Waals surface area contributed by atoms with Crippen molar-refractivity contribution in [3.63, 3.8) is 0 Å². The van der Waals surface area contributed by atoms with E-state index < -0.39 is 0 Å². The number of aromatic nitrogens is 2. The van der Waals surface area contributed by atoms with Crippen molar-refractivity contribution >= 4 is 5.91 Å². The number of likely N-dealkylation sites (tertiary alicyclic amines) is 1. The van der Waals surface area contributed by atoms with Crippen LogP contribution in [0.2, 0.25) is 0 Å². The fourth-order valence-corrected chi connectivity index (χ4v) is 4.13. The Labute approximate surface area is 132 Å². The van der Waals surface area contributed by atoms with Gasteiger partial charge in [-0.05, 0) is 68.8 Å². The molecule has 2 aliphatic carbocycles. The quantitative estimate of drug-likeness (QED) is 0.838. The maximum Gasteiger partial charge on any atom is 0.222 e. The van der Waals surface area contributed by atoms with Crippen LogP contribution in [0.5, 0.6) is 0 Å². The first-order valence-electron chi connectivity index (χ1n) is 8.99. The Morgan fingerprint density at radius 2 is 2.00 bits per heavy atom. The lowest BCUT2D eigenvalue weighted by atomic mass is 9.93. The molecular formula is C18H27N3O. The Bertz CT molecular complexity index is 532. The zero-order valence-corrected chi connectivity index (χ0v) is 13.6. The summed E-state index contributed by atoms with van der Waals surface area (Å²) < 4.78 is 2.06. The summed E-state index contributed by atoms with van der Waals surface area (Å²) in [7, 11) is 0. The van der Waals surface area contributed by atoms with Crippen molar-refractivity contribution < 1.29 is 4.79 Å². The molecule has 1 aliphatic heterocycles. The van der Waals surface area contributed by atoms with Crippen LogP contribution in [0.3, 0.4) is 0 Å². The zero-order chi connectivity index (χ0) is 15.1. The number of carbonyl (C=O) groups excluding carboxylic acids is 1. The molecule has 2 saturated carbocycles. The van der Waals surface area contributed by atoms with Gasteiger partial charge in [-0.2, -0.15) is 5.10 Å². The van der Waals surface area contributed by atoms with Crippen LogP contribution < -0.4 is 0 Å². The molecule has 0 bridgehead atoms. The monoisotopic (exact) mass is 301 g/mol.